The van der Waals surface area contributed by atoms with Crippen molar-refractivity contribution in [3.63, 3.8) is 0 Å². The van der Waals surface area contributed by atoms with Crippen molar-refractivity contribution in [1.82, 2.24) is 9.80 Å². The van der Waals surface area contributed by atoms with E-state index >= 15 is 0 Å². The van der Waals surface area contributed by atoms with Crippen molar-refractivity contribution >= 4 is 6.09 Å². The van der Waals surface area contributed by atoms with E-state index < -0.39 is 0 Å². The molecule has 3 heterocycles. The number of cyclic esters (lactones) is 1. The predicted molar refractivity (Wildman–Crippen MR) is 93.0 cm³/mol. The molecule has 2 fully saturated rings. The third-order valence-corrected chi connectivity index (χ3v) is 5.45. The minimum atomic E-state index is -0.310. The Kier molecular flexibility index (Phi) is 5.15. The van der Waals surface area contributed by atoms with Gasteiger partial charge < -0.3 is 19.1 Å². The maximum atomic E-state index is 13.2. The van der Waals surface area contributed by atoms with E-state index in [0.29, 0.717) is 30.6 Å². The second-order valence-electron chi connectivity index (χ2n) is 7.28. The zero-order valence-electron chi connectivity index (χ0n) is 14.9. The average Bonchev–Trinajstić information content (AvgIpc) is 3.06. The van der Waals surface area contributed by atoms with Gasteiger partial charge in [-0.15, -0.1) is 0 Å². The van der Waals surface area contributed by atoms with Crippen LogP contribution in [0.2, 0.25) is 0 Å². The number of ether oxygens (including phenoxy) is 3. The Balaban J connectivity index is 1.19. The third-order valence-electron chi connectivity index (χ3n) is 5.45. The van der Waals surface area contributed by atoms with Crippen LogP contribution in [0.1, 0.15) is 19.3 Å². The molecular weight excluding hydrogens is 339 g/mol. The number of hydrogen-bond donors (Lipinski definition) is 0. The van der Waals surface area contributed by atoms with Crippen LogP contribution >= 0.6 is 0 Å². The first-order valence-electron chi connectivity index (χ1n) is 9.40. The summed E-state index contributed by atoms with van der Waals surface area (Å²) in [6, 6.07) is 4.39. The normalized spacial score (nSPS) is 24.0. The van der Waals surface area contributed by atoms with Crippen LogP contribution in [0.5, 0.6) is 11.5 Å². The number of amides is 1. The van der Waals surface area contributed by atoms with E-state index in [2.05, 4.69) is 4.90 Å². The van der Waals surface area contributed by atoms with Crippen LogP contribution in [0.15, 0.2) is 18.2 Å². The standard InChI is InChI=1S/C19H25FN2O4/c20-15-1-2-17-18(11-15)25-13-16(26-17)12-21-6-3-14(4-7-21)5-8-22-9-10-24-19(22)23/h1-2,11,14,16H,3-10,12-13H2. The summed E-state index contributed by atoms with van der Waals surface area (Å²) in [6.07, 6.45) is 3.13. The quantitative estimate of drug-likeness (QED) is 0.804. The van der Waals surface area contributed by atoms with Crippen LogP contribution in [0.4, 0.5) is 9.18 Å². The topological polar surface area (TPSA) is 51.2 Å². The molecule has 26 heavy (non-hydrogen) atoms. The molecule has 7 heteroatoms. The van der Waals surface area contributed by atoms with Crippen LogP contribution in [0, 0.1) is 11.7 Å². The van der Waals surface area contributed by atoms with Gasteiger partial charge in [-0.2, -0.15) is 0 Å². The summed E-state index contributed by atoms with van der Waals surface area (Å²) in [7, 11) is 0. The number of nitrogens with zero attached hydrogens (tertiary/aromatic N) is 2. The van der Waals surface area contributed by atoms with E-state index in [1.165, 1.54) is 12.1 Å². The largest absolute Gasteiger partial charge is 0.486 e. The highest BCUT2D eigenvalue weighted by Gasteiger charge is 2.28. The predicted octanol–water partition coefficient (Wildman–Crippen LogP) is 2.52. The Morgan fingerprint density at radius 1 is 1.12 bits per heavy atom. The molecule has 2 saturated heterocycles. The maximum Gasteiger partial charge on any atom is 0.409 e. The monoisotopic (exact) mass is 364 g/mol. The van der Waals surface area contributed by atoms with E-state index in [0.717, 1.165) is 52.0 Å². The molecule has 0 bridgehead atoms. The number of hydrogen-bond acceptors (Lipinski definition) is 5. The average molecular weight is 364 g/mol. The van der Waals surface area contributed by atoms with Gasteiger partial charge in [-0.3, -0.25) is 4.90 Å². The molecule has 0 saturated carbocycles. The van der Waals surface area contributed by atoms with Gasteiger partial charge in [0.2, 0.25) is 0 Å². The van der Waals surface area contributed by atoms with E-state index in [-0.39, 0.29) is 18.0 Å². The molecular formula is C19H25FN2O4. The Hall–Kier alpha value is -2.02. The minimum absolute atomic E-state index is 0.0242. The van der Waals surface area contributed by atoms with Crippen molar-refractivity contribution < 1.29 is 23.4 Å². The molecule has 1 aromatic carbocycles. The van der Waals surface area contributed by atoms with Gasteiger partial charge in [0.1, 0.15) is 25.1 Å². The zero-order chi connectivity index (χ0) is 17.9. The van der Waals surface area contributed by atoms with Crippen molar-refractivity contribution in [2.24, 2.45) is 5.92 Å². The lowest BCUT2D eigenvalue weighted by atomic mass is 9.93. The van der Waals surface area contributed by atoms with Gasteiger partial charge in [0.15, 0.2) is 11.5 Å². The van der Waals surface area contributed by atoms with Crippen LogP contribution in [-0.4, -0.2) is 67.9 Å². The third kappa shape index (κ3) is 4.03. The molecule has 1 aromatic rings. The van der Waals surface area contributed by atoms with Crippen molar-refractivity contribution in [3.8, 4) is 11.5 Å². The molecule has 1 unspecified atom stereocenters. The number of halogens is 1. The molecule has 6 nitrogen and oxygen atoms in total. The highest BCUT2D eigenvalue weighted by atomic mass is 19.1. The van der Waals surface area contributed by atoms with Gasteiger partial charge in [-0.05, 0) is 50.4 Å². The molecule has 3 aliphatic heterocycles. The number of carbonyl (C=O) groups is 1. The molecule has 0 radical (unpaired) electrons. The first kappa shape index (κ1) is 17.4. The lowest BCUT2D eigenvalue weighted by Crippen LogP contribution is -2.44. The Labute approximate surface area is 152 Å². The summed E-state index contributed by atoms with van der Waals surface area (Å²) < 4.78 is 29.8. The minimum Gasteiger partial charge on any atom is -0.486 e. The molecule has 0 aromatic heterocycles. The summed E-state index contributed by atoms with van der Waals surface area (Å²) >= 11 is 0. The van der Waals surface area contributed by atoms with Gasteiger partial charge in [0.25, 0.3) is 0 Å². The molecule has 1 amide bonds. The zero-order valence-corrected chi connectivity index (χ0v) is 14.9. The Bertz CT molecular complexity index is 648. The summed E-state index contributed by atoms with van der Waals surface area (Å²) in [5, 5.41) is 0. The summed E-state index contributed by atoms with van der Waals surface area (Å²) in [6.45, 7) is 5.39. The highest BCUT2D eigenvalue weighted by Crippen LogP contribution is 2.32. The van der Waals surface area contributed by atoms with Crippen molar-refractivity contribution in [3.05, 3.63) is 24.0 Å². The molecule has 0 spiro atoms. The van der Waals surface area contributed by atoms with Crippen LogP contribution < -0.4 is 9.47 Å². The number of carbonyl (C=O) groups excluding carboxylic acids is 1. The first-order valence-corrected chi connectivity index (χ1v) is 9.40. The van der Waals surface area contributed by atoms with Gasteiger partial charge >= 0.3 is 6.09 Å². The van der Waals surface area contributed by atoms with Crippen LogP contribution in [0.25, 0.3) is 0 Å². The van der Waals surface area contributed by atoms with Crippen LogP contribution in [0.3, 0.4) is 0 Å². The fraction of sp³-hybridized carbons (Fsp3) is 0.632. The number of likely N-dealkylation sites (tertiary alicyclic amines) is 1. The van der Waals surface area contributed by atoms with Crippen LogP contribution in [-0.2, 0) is 4.74 Å². The molecule has 0 N–H and O–H groups in total. The van der Waals surface area contributed by atoms with E-state index in [1.807, 2.05) is 0 Å². The molecule has 142 valence electrons. The first-order chi connectivity index (χ1) is 12.7. The maximum absolute atomic E-state index is 13.2. The SMILES string of the molecule is O=C1OCCN1CCC1CCN(CC2COc3cc(F)ccc3O2)CC1. The number of rotatable bonds is 5. The summed E-state index contributed by atoms with van der Waals surface area (Å²) in [5.41, 5.74) is 0. The van der Waals surface area contributed by atoms with Gasteiger partial charge in [0, 0.05) is 19.2 Å². The fourth-order valence-corrected chi connectivity index (χ4v) is 3.89. The highest BCUT2D eigenvalue weighted by molar-refractivity contribution is 5.69. The van der Waals surface area contributed by atoms with Crippen molar-refractivity contribution in [2.45, 2.75) is 25.4 Å². The lowest BCUT2D eigenvalue weighted by Gasteiger charge is -2.36. The number of benzene rings is 1. The summed E-state index contributed by atoms with van der Waals surface area (Å²) in [5.74, 6) is 1.46. The Morgan fingerprint density at radius 3 is 2.73 bits per heavy atom. The van der Waals surface area contributed by atoms with E-state index in [4.69, 9.17) is 14.2 Å². The fourth-order valence-electron chi connectivity index (χ4n) is 3.89. The van der Waals surface area contributed by atoms with Crippen molar-refractivity contribution in [1.29, 1.82) is 0 Å². The van der Waals surface area contributed by atoms with E-state index in [1.54, 1.807) is 11.0 Å². The van der Waals surface area contributed by atoms with Gasteiger partial charge in [0.05, 0.1) is 6.54 Å². The number of fused-ring (bicyclic) bond motifs is 1. The molecule has 4 rings (SSSR count). The lowest BCUT2D eigenvalue weighted by molar-refractivity contribution is 0.0465. The Morgan fingerprint density at radius 2 is 1.96 bits per heavy atom. The second kappa shape index (κ2) is 7.70. The molecule has 3 aliphatic rings. The smallest absolute Gasteiger partial charge is 0.409 e. The van der Waals surface area contributed by atoms with Gasteiger partial charge in [-0.25, -0.2) is 9.18 Å². The molecule has 0 aliphatic carbocycles. The second-order valence-corrected chi connectivity index (χ2v) is 7.28. The molecule has 1 atom stereocenters. The number of piperidine rings is 1. The van der Waals surface area contributed by atoms with Gasteiger partial charge in [-0.1, -0.05) is 0 Å². The van der Waals surface area contributed by atoms with E-state index in [9.17, 15) is 9.18 Å². The summed E-state index contributed by atoms with van der Waals surface area (Å²) in [4.78, 5) is 15.7. The van der Waals surface area contributed by atoms with Crippen molar-refractivity contribution in [2.75, 3.05) is 45.9 Å².